The van der Waals surface area contributed by atoms with Gasteiger partial charge in [-0.15, -0.1) is 0 Å². The fourth-order valence-electron chi connectivity index (χ4n) is 1.95. The van der Waals surface area contributed by atoms with Crippen LogP contribution in [0.25, 0.3) is 22.2 Å². The number of phenols is 2. The highest BCUT2D eigenvalue weighted by molar-refractivity contribution is 5.82. The maximum atomic E-state index is 9.82. The smallest absolute Gasteiger partial charge is 0.128 e. The number of aromatic hydroxyl groups is 2. The van der Waals surface area contributed by atoms with Crippen molar-refractivity contribution >= 4 is 10.9 Å². The average Bonchev–Trinajstić information content (AvgIpc) is 2.38. The fraction of sp³-hybridized carbons (Fsp3) is 0. The summed E-state index contributed by atoms with van der Waals surface area (Å²) >= 11 is 0. The Balaban J connectivity index is 2.19. The van der Waals surface area contributed by atoms with Crippen LogP contribution in [0.15, 0.2) is 54.6 Å². The molecular formula is C15H11NO2. The number of fused-ring (bicyclic) bond motifs is 1. The Labute approximate surface area is 104 Å². The van der Waals surface area contributed by atoms with E-state index in [4.69, 9.17) is 0 Å². The highest BCUT2D eigenvalue weighted by atomic mass is 16.3. The Hall–Kier alpha value is -2.55. The van der Waals surface area contributed by atoms with E-state index >= 15 is 0 Å². The normalized spacial score (nSPS) is 10.7. The molecule has 3 rings (SSSR count). The molecular weight excluding hydrogens is 226 g/mol. The van der Waals surface area contributed by atoms with Gasteiger partial charge in [-0.3, -0.25) is 0 Å². The van der Waals surface area contributed by atoms with Gasteiger partial charge < -0.3 is 10.2 Å². The third-order valence-corrected chi connectivity index (χ3v) is 2.86. The molecule has 0 fully saturated rings. The zero-order valence-corrected chi connectivity index (χ0v) is 9.54. The van der Waals surface area contributed by atoms with Crippen LogP contribution in [0.5, 0.6) is 11.5 Å². The molecule has 0 saturated heterocycles. The van der Waals surface area contributed by atoms with Crippen LogP contribution < -0.4 is 0 Å². The highest BCUT2D eigenvalue weighted by Crippen LogP contribution is 2.31. The van der Waals surface area contributed by atoms with E-state index in [9.17, 15) is 10.2 Å². The Kier molecular flexibility index (Phi) is 2.38. The lowest BCUT2D eigenvalue weighted by atomic mass is 10.1. The molecule has 1 heterocycles. The van der Waals surface area contributed by atoms with Crippen LogP contribution in [0.2, 0.25) is 0 Å². The molecule has 0 amide bonds. The van der Waals surface area contributed by atoms with Crippen LogP contribution in [0.4, 0.5) is 0 Å². The van der Waals surface area contributed by atoms with E-state index < -0.39 is 0 Å². The van der Waals surface area contributed by atoms with Crippen LogP contribution in [0.3, 0.4) is 0 Å². The molecule has 18 heavy (non-hydrogen) atoms. The van der Waals surface area contributed by atoms with E-state index in [-0.39, 0.29) is 11.5 Å². The molecule has 0 aliphatic heterocycles. The van der Waals surface area contributed by atoms with Gasteiger partial charge in [0.15, 0.2) is 0 Å². The Bertz CT molecular complexity index is 723. The van der Waals surface area contributed by atoms with Gasteiger partial charge in [-0.05, 0) is 24.3 Å². The molecule has 0 bridgehead atoms. The molecule has 2 N–H and O–H groups in total. The first-order valence-corrected chi connectivity index (χ1v) is 5.62. The van der Waals surface area contributed by atoms with E-state index in [1.807, 2.05) is 36.4 Å². The van der Waals surface area contributed by atoms with Gasteiger partial charge in [-0.2, -0.15) is 0 Å². The number of para-hydroxylation sites is 1. The van der Waals surface area contributed by atoms with Gasteiger partial charge in [0.2, 0.25) is 0 Å². The number of nitrogens with zero attached hydrogens (tertiary/aromatic N) is 1. The van der Waals surface area contributed by atoms with Gasteiger partial charge in [-0.25, -0.2) is 4.98 Å². The topological polar surface area (TPSA) is 53.4 Å². The number of pyridine rings is 1. The minimum absolute atomic E-state index is 0.0257. The van der Waals surface area contributed by atoms with Crippen LogP contribution in [0, 0.1) is 0 Å². The van der Waals surface area contributed by atoms with Crippen molar-refractivity contribution in [2.24, 2.45) is 0 Å². The lowest BCUT2D eigenvalue weighted by Crippen LogP contribution is -1.85. The largest absolute Gasteiger partial charge is 0.508 e. The summed E-state index contributed by atoms with van der Waals surface area (Å²) in [5.74, 6) is 0.0646. The van der Waals surface area contributed by atoms with Crippen LogP contribution in [0.1, 0.15) is 0 Å². The van der Waals surface area contributed by atoms with Crippen molar-refractivity contribution in [1.82, 2.24) is 4.98 Å². The molecule has 0 radical (unpaired) electrons. The van der Waals surface area contributed by atoms with Crippen molar-refractivity contribution in [3.8, 4) is 22.8 Å². The Morgan fingerprint density at radius 1 is 0.833 bits per heavy atom. The second kappa shape index (κ2) is 4.04. The number of rotatable bonds is 1. The maximum Gasteiger partial charge on any atom is 0.128 e. The molecule has 0 saturated carbocycles. The van der Waals surface area contributed by atoms with Crippen LogP contribution in [-0.2, 0) is 0 Å². The lowest BCUT2D eigenvalue weighted by Gasteiger charge is -2.05. The van der Waals surface area contributed by atoms with Gasteiger partial charge in [0, 0.05) is 17.0 Å². The molecule has 2 aromatic carbocycles. The monoisotopic (exact) mass is 237 g/mol. The predicted octanol–water partition coefficient (Wildman–Crippen LogP) is 3.31. The summed E-state index contributed by atoms with van der Waals surface area (Å²) in [6.07, 6.45) is 0. The minimum Gasteiger partial charge on any atom is -0.508 e. The van der Waals surface area contributed by atoms with Crippen LogP contribution >= 0.6 is 0 Å². The quantitative estimate of drug-likeness (QED) is 0.682. The zero-order chi connectivity index (χ0) is 12.5. The minimum atomic E-state index is 0.0257. The van der Waals surface area contributed by atoms with Crippen molar-refractivity contribution in [2.75, 3.05) is 0 Å². The first-order chi connectivity index (χ1) is 8.74. The number of benzene rings is 2. The molecule has 0 aliphatic carbocycles. The summed E-state index contributed by atoms with van der Waals surface area (Å²) < 4.78 is 0. The molecule has 88 valence electrons. The zero-order valence-electron chi connectivity index (χ0n) is 9.54. The Morgan fingerprint density at radius 2 is 1.67 bits per heavy atom. The second-order valence-electron chi connectivity index (χ2n) is 4.09. The highest BCUT2D eigenvalue weighted by Gasteiger charge is 2.07. The van der Waals surface area contributed by atoms with Gasteiger partial charge in [-0.1, -0.05) is 24.3 Å². The second-order valence-corrected chi connectivity index (χ2v) is 4.09. The van der Waals surface area contributed by atoms with Gasteiger partial charge in [0.05, 0.1) is 11.2 Å². The molecule has 0 unspecified atom stereocenters. The van der Waals surface area contributed by atoms with E-state index in [1.165, 1.54) is 12.1 Å². The third kappa shape index (κ3) is 1.76. The number of hydrogen-bond acceptors (Lipinski definition) is 3. The van der Waals surface area contributed by atoms with Crippen molar-refractivity contribution in [3.05, 3.63) is 54.6 Å². The molecule has 3 nitrogen and oxygen atoms in total. The van der Waals surface area contributed by atoms with Gasteiger partial charge in [0.1, 0.15) is 11.5 Å². The van der Waals surface area contributed by atoms with Crippen molar-refractivity contribution < 1.29 is 10.2 Å². The molecule has 0 spiro atoms. The standard InChI is InChI=1S/C15H11NO2/c17-11-6-7-12(15(18)9-11)14-8-5-10-3-1-2-4-13(10)16-14/h1-9,17-18H. The summed E-state index contributed by atoms with van der Waals surface area (Å²) in [7, 11) is 0. The molecule has 0 atom stereocenters. The fourth-order valence-corrected chi connectivity index (χ4v) is 1.95. The molecule has 3 heteroatoms. The summed E-state index contributed by atoms with van der Waals surface area (Å²) in [4.78, 5) is 4.49. The summed E-state index contributed by atoms with van der Waals surface area (Å²) in [5, 5.41) is 20.1. The molecule has 0 aliphatic rings. The lowest BCUT2D eigenvalue weighted by molar-refractivity contribution is 0.452. The SMILES string of the molecule is Oc1ccc(-c2ccc3ccccc3n2)c(O)c1. The van der Waals surface area contributed by atoms with E-state index in [0.29, 0.717) is 11.3 Å². The maximum absolute atomic E-state index is 9.82. The third-order valence-electron chi connectivity index (χ3n) is 2.86. The predicted molar refractivity (Wildman–Crippen MR) is 70.5 cm³/mol. The summed E-state index contributed by atoms with van der Waals surface area (Å²) in [6.45, 7) is 0. The first-order valence-electron chi connectivity index (χ1n) is 5.62. The number of hydrogen-bond donors (Lipinski definition) is 2. The van der Waals surface area contributed by atoms with Gasteiger partial charge >= 0.3 is 0 Å². The first kappa shape index (κ1) is 10.6. The van der Waals surface area contributed by atoms with E-state index in [1.54, 1.807) is 6.07 Å². The van der Waals surface area contributed by atoms with E-state index in [0.717, 1.165) is 10.9 Å². The van der Waals surface area contributed by atoms with Crippen molar-refractivity contribution in [1.29, 1.82) is 0 Å². The molecule has 1 aromatic heterocycles. The van der Waals surface area contributed by atoms with Crippen LogP contribution in [-0.4, -0.2) is 15.2 Å². The summed E-state index contributed by atoms with van der Waals surface area (Å²) in [5.41, 5.74) is 2.17. The molecule has 3 aromatic rings. The average molecular weight is 237 g/mol. The number of aromatic nitrogens is 1. The van der Waals surface area contributed by atoms with E-state index in [2.05, 4.69) is 4.98 Å². The number of phenolic OH excluding ortho intramolecular Hbond substituents is 2. The summed E-state index contributed by atoms with van der Waals surface area (Å²) in [6, 6.07) is 16.1. The van der Waals surface area contributed by atoms with Crippen molar-refractivity contribution in [3.63, 3.8) is 0 Å². The van der Waals surface area contributed by atoms with Gasteiger partial charge in [0.25, 0.3) is 0 Å². The Morgan fingerprint density at radius 3 is 2.50 bits per heavy atom. The van der Waals surface area contributed by atoms with Crippen molar-refractivity contribution in [2.45, 2.75) is 0 Å².